The smallest absolute Gasteiger partial charge is 0.102 e. The molecular formula is C7H12FN3. The summed E-state index contributed by atoms with van der Waals surface area (Å²) in [5.74, 6) is 0. The van der Waals surface area contributed by atoms with Crippen LogP contribution in [0.4, 0.5) is 4.39 Å². The number of hydrogen-bond acceptors (Lipinski definition) is 2. The number of aromatic nitrogens is 2. The van der Waals surface area contributed by atoms with Gasteiger partial charge >= 0.3 is 0 Å². The van der Waals surface area contributed by atoms with Gasteiger partial charge in [0.15, 0.2) is 0 Å². The summed E-state index contributed by atoms with van der Waals surface area (Å²) >= 11 is 0. The van der Waals surface area contributed by atoms with Crippen molar-refractivity contribution in [3.63, 3.8) is 0 Å². The van der Waals surface area contributed by atoms with Crippen molar-refractivity contribution in [2.45, 2.75) is 6.54 Å². The molecule has 62 valence electrons. The third kappa shape index (κ3) is 2.67. The van der Waals surface area contributed by atoms with E-state index < -0.39 is 0 Å². The monoisotopic (exact) mass is 157 g/mol. The van der Waals surface area contributed by atoms with Crippen LogP contribution in [-0.4, -0.2) is 35.4 Å². The summed E-state index contributed by atoms with van der Waals surface area (Å²) in [6.07, 6.45) is 3.56. The zero-order valence-corrected chi connectivity index (χ0v) is 6.55. The van der Waals surface area contributed by atoms with Crippen LogP contribution in [0.2, 0.25) is 0 Å². The fourth-order valence-corrected chi connectivity index (χ4v) is 0.899. The molecule has 0 unspecified atom stereocenters. The topological polar surface area (TPSA) is 31.9 Å². The highest BCUT2D eigenvalue weighted by atomic mass is 19.1. The second-order valence-electron chi connectivity index (χ2n) is 2.53. The number of alkyl halides is 1. The first-order chi connectivity index (χ1) is 5.33. The fourth-order valence-electron chi connectivity index (χ4n) is 0.899. The van der Waals surface area contributed by atoms with Crippen molar-refractivity contribution in [1.29, 1.82) is 0 Å². The summed E-state index contributed by atoms with van der Waals surface area (Å²) in [5.41, 5.74) is 1.08. The Kier molecular flexibility index (Phi) is 3.04. The van der Waals surface area contributed by atoms with E-state index in [1.54, 1.807) is 6.20 Å². The van der Waals surface area contributed by atoms with Crippen molar-refractivity contribution >= 4 is 0 Å². The summed E-state index contributed by atoms with van der Waals surface area (Å²) in [4.78, 5) is 1.91. The lowest BCUT2D eigenvalue weighted by atomic mass is 10.3. The van der Waals surface area contributed by atoms with Gasteiger partial charge in [0.05, 0.1) is 6.20 Å². The predicted molar refractivity (Wildman–Crippen MR) is 40.9 cm³/mol. The van der Waals surface area contributed by atoms with Gasteiger partial charge in [-0.3, -0.25) is 10.00 Å². The van der Waals surface area contributed by atoms with Crippen LogP contribution in [-0.2, 0) is 6.54 Å². The van der Waals surface area contributed by atoms with E-state index in [4.69, 9.17) is 0 Å². The molecule has 0 atom stereocenters. The van der Waals surface area contributed by atoms with Crippen LogP contribution in [0.3, 0.4) is 0 Å². The molecule has 0 fully saturated rings. The zero-order valence-electron chi connectivity index (χ0n) is 6.55. The molecule has 11 heavy (non-hydrogen) atoms. The maximum Gasteiger partial charge on any atom is 0.102 e. The van der Waals surface area contributed by atoms with E-state index in [0.717, 1.165) is 12.1 Å². The lowest BCUT2D eigenvalue weighted by Crippen LogP contribution is -2.19. The van der Waals surface area contributed by atoms with Gasteiger partial charge in [0, 0.05) is 24.8 Å². The highest BCUT2D eigenvalue weighted by molar-refractivity contribution is 5.01. The molecule has 0 radical (unpaired) electrons. The molecule has 0 aromatic carbocycles. The summed E-state index contributed by atoms with van der Waals surface area (Å²) in [5, 5.41) is 6.50. The second kappa shape index (κ2) is 4.08. The van der Waals surface area contributed by atoms with E-state index in [2.05, 4.69) is 10.2 Å². The standard InChI is InChI=1S/C7H12FN3/c1-11(3-2-8)6-7-4-9-10-5-7/h4-5H,2-3,6H2,1H3,(H,9,10). The molecule has 3 nitrogen and oxygen atoms in total. The van der Waals surface area contributed by atoms with E-state index in [1.807, 2.05) is 18.1 Å². The number of rotatable bonds is 4. The van der Waals surface area contributed by atoms with Gasteiger partial charge in [0.25, 0.3) is 0 Å². The van der Waals surface area contributed by atoms with Crippen LogP contribution in [0.25, 0.3) is 0 Å². The van der Waals surface area contributed by atoms with Crippen molar-refractivity contribution in [3.05, 3.63) is 18.0 Å². The summed E-state index contributed by atoms with van der Waals surface area (Å²) in [7, 11) is 1.88. The minimum Gasteiger partial charge on any atom is -0.299 e. The summed E-state index contributed by atoms with van der Waals surface area (Å²) in [6, 6.07) is 0. The zero-order chi connectivity index (χ0) is 8.10. The minimum absolute atomic E-state index is 0.297. The van der Waals surface area contributed by atoms with Crippen LogP contribution >= 0.6 is 0 Å². The van der Waals surface area contributed by atoms with Gasteiger partial charge in [-0.2, -0.15) is 5.10 Å². The van der Waals surface area contributed by atoms with Gasteiger partial charge in [0.2, 0.25) is 0 Å². The molecule has 1 N–H and O–H groups in total. The van der Waals surface area contributed by atoms with Crippen molar-refractivity contribution < 1.29 is 4.39 Å². The van der Waals surface area contributed by atoms with E-state index in [9.17, 15) is 4.39 Å². The molecule has 0 bridgehead atoms. The van der Waals surface area contributed by atoms with Crippen LogP contribution in [0.15, 0.2) is 12.4 Å². The molecule has 0 saturated carbocycles. The quantitative estimate of drug-likeness (QED) is 0.701. The first-order valence-corrected chi connectivity index (χ1v) is 3.55. The number of hydrogen-bond donors (Lipinski definition) is 1. The summed E-state index contributed by atoms with van der Waals surface area (Å²) in [6.45, 7) is 0.931. The molecule has 0 aliphatic carbocycles. The molecular weight excluding hydrogens is 145 g/mol. The van der Waals surface area contributed by atoms with Gasteiger partial charge in [-0.15, -0.1) is 0 Å². The van der Waals surface area contributed by atoms with Crippen molar-refractivity contribution in [3.8, 4) is 0 Å². The third-order valence-electron chi connectivity index (χ3n) is 1.47. The SMILES string of the molecule is CN(CCF)Cc1cn[nH]c1. The molecule has 0 saturated heterocycles. The van der Waals surface area contributed by atoms with Gasteiger partial charge in [-0.05, 0) is 7.05 Å². The number of nitrogens with one attached hydrogen (secondary N) is 1. The molecule has 1 heterocycles. The highest BCUT2D eigenvalue weighted by Gasteiger charge is 1.99. The number of halogens is 1. The Morgan fingerprint density at radius 2 is 2.55 bits per heavy atom. The normalized spacial score (nSPS) is 10.8. The van der Waals surface area contributed by atoms with Crippen molar-refractivity contribution in [2.75, 3.05) is 20.3 Å². The molecule has 1 rings (SSSR count). The van der Waals surface area contributed by atoms with E-state index in [1.165, 1.54) is 0 Å². The van der Waals surface area contributed by atoms with Gasteiger partial charge in [-0.1, -0.05) is 0 Å². The van der Waals surface area contributed by atoms with Crippen LogP contribution in [0.5, 0.6) is 0 Å². The van der Waals surface area contributed by atoms with E-state index in [0.29, 0.717) is 6.54 Å². The number of aromatic amines is 1. The Balaban J connectivity index is 2.31. The minimum atomic E-state index is -0.297. The molecule has 4 heteroatoms. The second-order valence-corrected chi connectivity index (χ2v) is 2.53. The highest BCUT2D eigenvalue weighted by Crippen LogP contribution is 1.98. The first-order valence-electron chi connectivity index (χ1n) is 3.55. The van der Waals surface area contributed by atoms with E-state index >= 15 is 0 Å². The van der Waals surface area contributed by atoms with Gasteiger partial charge in [0.1, 0.15) is 6.67 Å². The van der Waals surface area contributed by atoms with Crippen LogP contribution in [0.1, 0.15) is 5.56 Å². The van der Waals surface area contributed by atoms with Crippen molar-refractivity contribution in [2.24, 2.45) is 0 Å². The lowest BCUT2D eigenvalue weighted by Gasteiger charge is -2.11. The fraction of sp³-hybridized carbons (Fsp3) is 0.571. The van der Waals surface area contributed by atoms with Gasteiger partial charge in [-0.25, -0.2) is 4.39 Å². The summed E-state index contributed by atoms with van der Waals surface area (Å²) < 4.78 is 11.8. The van der Waals surface area contributed by atoms with Crippen LogP contribution in [0, 0.1) is 0 Å². The predicted octanol–water partition coefficient (Wildman–Crippen LogP) is 0.811. The molecule has 1 aromatic rings. The Bertz CT molecular complexity index is 186. The third-order valence-corrected chi connectivity index (χ3v) is 1.47. The maximum absolute atomic E-state index is 11.8. The Morgan fingerprint density at radius 1 is 1.73 bits per heavy atom. The average Bonchev–Trinajstić information content (AvgIpc) is 2.40. The number of nitrogens with zero attached hydrogens (tertiary/aromatic N) is 2. The van der Waals surface area contributed by atoms with Gasteiger partial charge < -0.3 is 0 Å². The first kappa shape index (κ1) is 8.20. The maximum atomic E-state index is 11.8. The average molecular weight is 157 g/mol. The Labute approximate surface area is 65.2 Å². The molecule has 1 aromatic heterocycles. The molecule has 0 aliphatic heterocycles. The Hall–Kier alpha value is -0.900. The lowest BCUT2D eigenvalue weighted by molar-refractivity contribution is 0.289. The van der Waals surface area contributed by atoms with Crippen LogP contribution < -0.4 is 0 Å². The Morgan fingerprint density at radius 3 is 3.09 bits per heavy atom. The van der Waals surface area contributed by atoms with E-state index in [-0.39, 0.29) is 6.67 Å². The van der Waals surface area contributed by atoms with Crippen molar-refractivity contribution in [1.82, 2.24) is 15.1 Å². The molecule has 0 amide bonds. The number of H-pyrrole nitrogens is 1. The molecule has 0 aliphatic rings. The molecule has 0 spiro atoms. The largest absolute Gasteiger partial charge is 0.299 e.